The van der Waals surface area contributed by atoms with E-state index >= 15 is 0 Å². The van der Waals surface area contributed by atoms with Gasteiger partial charge in [0.25, 0.3) is 0 Å². The lowest BCUT2D eigenvalue weighted by Crippen LogP contribution is -2.51. The van der Waals surface area contributed by atoms with Crippen molar-refractivity contribution in [3.8, 4) is 0 Å². The molecular weight excluding hydrogens is 236 g/mol. The van der Waals surface area contributed by atoms with Gasteiger partial charge in [-0.15, -0.1) is 0 Å². The van der Waals surface area contributed by atoms with Crippen LogP contribution in [0.4, 0.5) is 0 Å². The van der Waals surface area contributed by atoms with Crippen LogP contribution in [0.3, 0.4) is 0 Å². The van der Waals surface area contributed by atoms with E-state index in [1.165, 1.54) is 77.5 Å². The van der Waals surface area contributed by atoms with Crippen LogP contribution in [0.5, 0.6) is 0 Å². The molecule has 1 aliphatic carbocycles. The molecule has 0 unspecified atom stereocenters. The average Bonchev–Trinajstić information content (AvgIpc) is 2.86. The van der Waals surface area contributed by atoms with Gasteiger partial charge in [-0.2, -0.15) is 0 Å². The van der Waals surface area contributed by atoms with Gasteiger partial charge in [0.2, 0.25) is 0 Å². The molecule has 19 heavy (non-hydrogen) atoms. The van der Waals surface area contributed by atoms with Crippen LogP contribution >= 0.6 is 0 Å². The van der Waals surface area contributed by atoms with Crippen LogP contribution in [-0.4, -0.2) is 49.4 Å². The molecule has 4 fully saturated rings. The van der Waals surface area contributed by atoms with E-state index in [1.54, 1.807) is 0 Å². The molecule has 108 valence electrons. The van der Waals surface area contributed by atoms with E-state index in [2.05, 4.69) is 10.0 Å². The Morgan fingerprint density at radius 2 is 1.26 bits per heavy atom. The fourth-order valence-corrected chi connectivity index (χ4v) is 4.83. The molecule has 3 heteroatoms. The molecule has 0 aromatic carbocycles. The lowest BCUT2D eigenvalue weighted by Gasteiger charge is -2.47. The lowest BCUT2D eigenvalue weighted by molar-refractivity contribution is -0.126. The number of hydrogen-bond donors (Lipinski definition) is 0. The Balaban J connectivity index is 1.33. The van der Waals surface area contributed by atoms with E-state index in [9.17, 15) is 0 Å². The fourth-order valence-electron chi connectivity index (χ4n) is 4.83. The maximum absolute atomic E-state index is 5.44. The highest BCUT2D eigenvalue weighted by Crippen LogP contribution is 2.45. The van der Waals surface area contributed by atoms with Crippen LogP contribution in [0.2, 0.25) is 0 Å². The van der Waals surface area contributed by atoms with Gasteiger partial charge in [-0.3, -0.25) is 0 Å². The highest BCUT2D eigenvalue weighted by Gasteiger charge is 2.46. The minimum atomic E-state index is 0.542. The van der Waals surface area contributed by atoms with Crippen molar-refractivity contribution in [2.24, 2.45) is 10.8 Å². The van der Waals surface area contributed by atoms with E-state index in [1.807, 2.05) is 0 Å². The first-order valence-corrected chi connectivity index (χ1v) is 8.37. The second kappa shape index (κ2) is 4.71. The summed E-state index contributed by atoms with van der Waals surface area (Å²) < 4.78 is 5.44. The molecule has 3 aliphatic heterocycles. The van der Waals surface area contributed by atoms with E-state index in [0.717, 1.165) is 18.6 Å². The van der Waals surface area contributed by atoms with E-state index in [-0.39, 0.29) is 0 Å². The highest BCUT2D eigenvalue weighted by atomic mass is 16.5. The summed E-state index contributed by atoms with van der Waals surface area (Å²) in [7, 11) is 0. The zero-order chi connectivity index (χ0) is 12.8. The van der Waals surface area contributed by atoms with Crippen molar-refractivity contribution in [3.63, 3.8) is 0 Å². The molecular formula is C16H28N2O. The van der Waals surface area contributed by atoms with Crippen molar-refractivity contribution in [1.29, 1.82) is 0 Å². The molecule has 0 bridgehead atoms. The third-order valence-corrected chi connectivity index (χ3v) is 6.35. The Morgan fingerprint density at radius 3 is 1.84 bits per heavy atom. The summed E-state index contributed by atoms with van der Waals surface area (Å²) >= 11 is 0. The molecule has 0 aromatic rings. The van der Waals surface area contributed by atoms with Crippen LogP contribution in [0.25, 0.3) is 0 Å². The number of hydrazine groups is 1. The van der Waals surface area contributed by atoms with E-state index in [4.69, 9.17) is 4.74 Å². The van der Waals surface area contributed by atoms with Gasteiger partial charge in [-0.05, 0) is 37.5 Å². The first kappa shape index (κ1) is 12.6. The van der Waals surface area contributed by atoms with Crippen LogP contribution in [0.1, 0.15) is 51.4 Å². The molecule has 4 aliphatic rings. The summed E-state index contributed by atoms with van der Waals surface area (Å²) in [6.45, 7) is 7.20. The van der Waals surface area contributed by atoms with Crippen molar-refractivity contribution in [1.82, 2.24) is 10.0 Å². The summed E-state index contributed by atoms with van der Waals surface area (Å²) in [6.07, 6.45) is 11.8. The normalized spacial score (nSPS) is 34.7. The van der Waals surface area contributed by atoms with Crippen LogP contribution in [0.15, 0.2) is 0 Å². The highest BCUT2D eigenvalue weighted by molar-refractivity contribution is 4.95. The molecule has 0 radical (unpaired) electrons. The van der Waals surface area contributed by atoms with Gasteiger partial charge >= 0.3 is 0 Å². The Morgan fingerprint density at radius 1 is 0.632 bits per heavy atom. The van der Waals surface area contributed by atoms with E-state index < -0.39 is 0 Å². The summed E-state index contributed by atoms with van der Waals surface area (Å²) in [4.78, 5) is 0. The SMILES string of the molecule is C1CCC2(CC1)CCN(N1CCC3(COC3)C1)CC2. The summed E-state index contributed by atoms with van der Waals surface area (Å²) in [5, 5.41) is 5.32. The molecule has 4 rings (SSSR count). The van der Waals surface area contributed by atoms with Gasteiger partial charge in [-0.25, -0.2) is 10.0 Å². The number of nitrogens with zero attached hydrogens (tertiary/aromatic N) is 2. The molecule has 0 atom stereocenters. The smallest absolute Gasteiger partial charge is 0.0558 e. The van der Waals surface area contributed by atoms with Gasteiger partial charge in [0.1, 0.15) is 0 Å². The van der Waals surface area contributed by atoms with Gasteiger partial charge in [0.15, 0.2) is 0 Å². The predicted octanol–water partition coefficient (Wildman–Crippen LogP) is 2.67. The van der Waals surface area contributed by atoms with Gasteiger partial charge in [-0.1, -0.05) is 19.3 Å². The number of hydrogen-bond acceptors (Lipinski definition) is 3. The molecule has 0 amide bonds. The number of piperidine rings is 1. The Bertz CT molecular complexity index is 324. The van der Waals surface area contributed by atoms with Crippen molar-refractivity contribution in [2.75, 3.05) is 39.4 Å². The standard InChI is InChI=1S/C16H28N2O/c1-2-4-15(5-3-1)6-9-17(10-7-15)18-11-8-16(12-18)13-19-14-16/h1-14H2. The zero-order valence-electron chi connectivity index (χ0n) is 12.2. The molecule has 3 heterocycles. The van der Waals surface area contributed by atoms with E-state index in [0.29, 0.717) is 5.41 Å². The zero-order valence-corrected chi connectivity index (χ0v) is 12.2. The van der Waals surface area contributed by atoms with Crippen molar-refractivity contribution in [2.45, 2.75) is 51.4 Å². The minimum Gasteiger partial charge on any atom is -0.380 e. The third kappa shape index (κ3) is 2.24. The predicted molar refractivity (Wildman–Crippen MR) is 75.8 cm³/mol. The molecule has 0 aromatic heterocycles. The molecule has 0 N–H and O–H groups in total. The monoisotopic (exact) mass is 264 g/mol. The number of ether oxygens (including phenoxy) is 1. The van der Waals surface area contributed by atoms with Crippen molar-refractivity contribution < 1.29 is 4.74 Å². The second-order valence-electron chi connectivity index (χ2n) is 7.65. The van der Waals surface area contributed by atoms with Crippen LogP contribution in [0, 0.1) is 10.8 Å². The Labute approximate surface area is 117 Å². The largest absolute Gasteiger partial charge is 0.380 e. The van der Waals surface area contributed by atoms with Crippen molar-refractivity contribution in [3.05, 3.63) is 0 Å². The first-order chi connectivity index (χ1) is 9.29. The third-order valence-electron chi connectivity index (χ3n) is 6.35. The maximum atomic E-state index is 5.44. The van der Waals surface area contributed by atoms with Gasteiger partial charge in [0.05, 0.1) is 13.2 Å². The maximum Gasteiger partial charge on any atom is 0.0558 e. The quantitative estimate of drug-likeness (QED) is 0.724. The Hall–Kier alpha value is -0.120. The van der Waals surface area contributed by atoms with Gasteiger partial charge in [0, 0.05) is 31.6 Å². The summed E-state index contributed by atoms with van der Waals surface area (Å²) in [6, 6.07) is 0. The van der Waals surface area contributed by atoms with Crippen LogP contribution in [-0.2, 0) is 4.74 Å². The topological polar surface area (TPSA) is 15.7 Å². The lowest BCUT2D eigenvalue weighted by atomic mass is 9.68. The van der Waals surface area contributed by atoms with Crippen molar-refractivity contribution >= 4 is 0 Å². The minimum absolute atomic E-state index is 0.542. The molecule has 1 saturated carbocycles. The van der Waals surface area contributed by atoms with Crippen LogP contribution < -0.4 is 0 Å². The fraction of sp³-hybridized carbons (Fsp3) is 1.00. The molecule has 2 spiro atoms. The first-order valence-electron chi connectivity index (χ1n) is 8.37. The summed E-state index contributed by atoms with van der Waals surface area (Å²) in [5.41, 5.74) is 1.28. The number of rotatable bonds is 1. The molecule has 3 nitrogen and oxygen atoms in total. The second-order valence-corrected chi connectivity index (χ2v) is 7.65. The Kier molecular flexibility index (Phi) is 3.13. The average molecular weight is 264 g/mol. The van der Waals surface area contributed by atoms with Gasteiger partial charge < -0.3 is 4.74 Å². The summed E-state index contributed by atoms with van der Waals surface area (Å²) in [5.74, 6) is 0. The molecule has 3 saturated heterocycles.